The second kappa shape index (κ2) is 4.61. The number of hydrogen-bond acceptors (Lipinski definition) is 5. The van der Waals surface area contributed by atoms with Crippen LogP contribution in [0.3, 0.4) is 0 Å². The van der Waals surface area contributed by atoms with Gasteiger partial charge in [-0.2, -0.15) is 16.9 Å². The van der Waals surface area contributed by atoms with Gasteiger partial charge in [-0.25, -0.2) is 9.97 Å². The highest BCUT2D eigenvalue weighted by Gasteiger charge is 2.20. The number of rotatable bonds is 3. The molecule has 2 aromatic heterocycles. The minimum atomic E-state index is 0.716. The van der Waals surface area contributed by atoms with Crippen molar-refractivity contribution in [1.29, 1.82) is 0 Å². The maximum atomic E-state index is 4.63. The lowest BCUT2D eigenvalue weighted by molar-refractivity contribution is 0.768. The predicted octanol–water partition coefficient (Wildman–Crippen LogP) is 2.06. The van der Waals surface area contributed by atoms with Crippen LogP contribution in [0.15, 0.2) is 12.3 Å². The third kappa shape index (κ3) is 1.96. The van der Waals surface area contributed by atoms with Crippen LogP contribution in [-0.2, 0) is 18.6 Å². The summed E-state index contributed by atoms with van der Waals surface area (Å²) in [6.07, 6.45) is 1.91. The van der Waals surface area contributed by atoms with E-state index in [1.54, 1.807) is 4.68 Å². The summed E-state index contributed by atoms with van der Waals surface area (Å²) in [7, 11) is 1.90. The van der Waals surface area contributed by atoms with Crippen molar-refractivity contribution in [3.8, 4) is 11.5 Å². The van der Waals surface area contributed by atoms with Gasteiger partial charge in [-0.1, -0.05) is 0 Å². The van der Waals surface area contributed by atoms with Gasteiger partial charge >= 0.3 is 0 Å². The first-order valence-corrected chi connectivity index (χ1v) is 7.15. The van der Waals surface area contributed by atoms with E-state index in [0.717, 1.165) is 35.3 Å². The number of hydrogen-bond donors (Lipinski definition) is 1. The lowest BCUT2D eigenvalue weighted by Gasteiger charge is -2.09. The third-order valence-electron chi connectivity index (χ3n) is 2.86. The molecule has 0 aromatic carbocycles. The number of nitrogens with zero attached hydrogens (tertiary/aromatic N) is 4. The summed E-state index contributed by atoms with van der Waals surface area (Å²) in [5.74, 6) is 3.65. The van der Waals surface area contributed by atoms with Crippen molar-refractivity contribution >= 4 is 17.6 Å². The molecule has 1 aliphatic heterocycles. The highest BCUT2D eigenvalue weighted by Crippen LogP contribution is 2.34. The van der Waals surface area contributed by atoms with Crippen LogP contribution >= 0.6 is 11.8 Å². The minimum absolute atomic E-state index is 0.716. The largest absolute Gasteiger partial charge is 0.370 e. The Morgan fingerprint density at radius 3 is 3.00 bits per heavy atom. The number of thioether (sulfide) groups is 1. The van der Waals surface area contributed by atoms with Crippen molar-refractivity contribution in [3.63, 3.8) is 0 Å². The number of aromatic nitrogens is 4. The fraction of sp³-hybridized carbons (Fsp3) is 0.417. The lowest BCUT2D eigenvalue weighted by Crippen LogP contribution is -2.07. The van der Waals surface area contributed by atoms with Gasteiger partial charge in [-0.15, -0.1) is 0 Å². The first-order valence-electron chi connectivity index (χ1n) is 5.99. The van der Waals surface area contributed by atoms with Crippen LogP contribution < -0.4 is 5.32 Å². The van der Waals surface area contributed by atoms with E-state index in [1.165, 1.54) is 5.56 Å². The number of nitrogens with one attached hydrogen (secondary N) is 1. The summed E-state index contributed by atoms with van der Waals surface area (Å²) in [6, 6.07) is 1.94. The maximum Gasteiger partial charge on any atom is 0.182 e. The standard InChI is InChI=1S/C12H15N5S/c1-3-13-11-8-6-18-7-10(8)14-12(15-11)9-4-5-17(2)16-9/h4-5H,3,6-7H2,1-2H3,(H,13,14,15). The van der Waals surface area contributed by atoms with Crippen LogP contribution in [0.5, 0.6) is 0 Å². The van der Waals surface area contributed by atoms with Crippen LogP contribution in [0.4, 0.5) is 5.82 Å². The molecule has 0 saturated carbocycles. The number of anilines is 1. The highest BCUT2D eigenvalue weighted by molar-refractivity contribution is 7.98. The fourth-order valence-electron chi connectivity index (χ4n) is 2.01. The van der Waals surface area contributed by atoms with Crippen LogP contribution in [0.1, 0.15) is 18.2 Å². The molecule has 0 atom stereocenters. The average molecular weight is 261 g/mol. The van der Waals surface area contributed by atoms with Crippen molar-refractivity contribution in [2.45, 2.75) is 18.4 Å². The molecule has 0 aliphatic carbocycles. The topological polar surface area (TPSA) is 55.6 Å². The lowest BCUT2D eigenvalue weighted by atomic mass is 10.2. The molecule has 0 amide bonds. The van der Waals surface area contributed by atoms with E-state index < -0.39 is 0 Å². The van der Waals surface area contributed by atoms with Gasteiger partial charge in [0.25, 0.3) is 0 Å². The Morgan fingerprint density at radius 2 is 2.28 bits per heavy atom. The molecule has 0 saturated heterocycles. The normalized spacial score (nSPS) is 13.7. The van der Waals surface area contributed by atoms with E-state index in [4.69, 9.17) is 0 Å². The zero-order chi connectivity index (χ0) is 12.5. The van der Waals surface area contributed by atoms with E-state index in [1.807, 2.05) is 31.1 Å². The van der Waals surface area contributed by atoms with E-state index in [9.17, 15) is 0 Å². The van der Waals surface area contributed by atoms with Crippen molar-refractivity contribution in [1.82, 2.24) is 19.7 Å². The molecule has 0 unspecified atom stereocenters. The average Bonchev–Trinajstić information content (AvgIpc) is 2.97. The molecule has 1 aliphatic rings. The molecule has 3 rings (SSSR count). The molecule has 18 heavy (non-hydrogen) atoms. The van der Waals surface area contributed by atoms with E-state index in [2.05, 4.69) is 27.3 Å². The first kappa shape index (κ1) is 11.5. The van der Waals surface area contributed by atoms with Crippen LogP contribution in [0, 0.1) is 0 Å². The minimum Gasteiger partial charge on any atom is -0.370 e. The molecule has 3 heterocycles. The van der Waals surface area contributed by atoms with E-state index in [0.29, 0.717) is 5.82 Å². The van der Waals surface area contributed by atoms with Crippen LogP contribution in [0.25, 0.3) is 11.5 Å². The molecular formula is C12H15N5S. The Bertz CT molecular complexity index is 578. The summed E-state index contributed by atoms with van der Waals surface area (Å²) < 4.78 is 1.77. The van der Waals surface area contributed by atoms with Gasteiger partial charge in [0.15, 0.2) is 5.82 Å². The van der Waals surface area contributed by atoms with Crippen molar-refractivity contribution in [2.24, 2.45) is 7.05 Å². The predicted molar refractivity (Wildman–Crippen MR) is 73.4 cm³/mol. The maximum absolute atomic E-state index is 4.63. The SMILES string of the molecule is CCNc1nc(-c2ccn(C)n2)nc2c1CSC2. The van der Waals surface area contributed by atoms with Gasteiger partial charge in [0, 0.05) is 36.9 Å². The summed E-state index contributed by atoms with van der Waals surface area (Å²) >= 11 is 1.88. The molecule has 94 valence electrons. The third-order valence-corrected chi connectivity index (χ3v) is 3.84. The molecule has 5 nitrogen and oxygen atoms in total. The van der Waals surface area contributed by atoms with Crippen molar-refractivity contribution in [2.75, 3.05) is 11.9 Å². The Kier molecular flexibility index (Phi) is 2.95. The second-order valence-electron chi connectivity index (χ2n) is 4.22. The zero-order valence-corrected chi connectivity index (χ0v) is 11.3. The van der Waals surface area contributed by atoms with Crippen molar-refractivity contribution in [3.05, 3.63) is 23.5 Å². The van der Waals surface area contributed by atoms with Crippen molar-refractivity contribution < 1.29 is 0 Å². The van der Waals surface area contributed by atoms with Gasteiger partial charge in [0.2, 0.25) is 0 Å². The van der Waals surface area contributed by atoms with E-state index >= 15 is 0 Å². The molecule has 6 heteroatoms. The summed E-state index contributed by atoms with van der Waals surface area (Å²) in [4.78, 5) is 9.24. The van der Waals surface area contributed by atoms with Crippen LogP contribution in [-0.4, -0.2) is 26.3 Å². The van der Waals surface area contributed by atoms with Gasteiger partial charge in [-0.05, 0) is 13.0 Å². The van der Waals surface area contributed by atoms with Gasteiger partial charge < -0.3 is 5.32 Å². The van der Waals surface area contributed by atoms with E-state index in [-0.39, 0.29) is 0 Å². The first-order chi connectivity index (χ1) is 8.78. The van der Waals surface area contributed by atoms with Crippen LogP contribution in [0.2, 0.25) is 0 Å². The summed E-state index contributed by atoms with van der Waals surface area (Å²) in [6.45, 7) is 2.95. The molecule has 1 N–H and O–H groups in total. The number of aryl methyl sites for hydroxylation is 1. The van der Waals surface area contributed by atoms with Gasteiger partial charge in [0.1, 0.15) is 11.5 Å². The molecular weight excluding hydrogens is 246 g/mol. The zero-order valence-electron chi connectivity index (χ0n) is 10.5. The molecule has 0 bridgehead atoms. The quantitative estimate of drug-likeness (QED) is 0.916. The Balaban J connectivity index is 2.08. The Hall–Kier alpha value is -1.56. The Labute approximate surface area is 110 Å². The molecule has 0 fully saturated rings. The fourth-order valence-corrected chi connectivity index (χ4v) is 3.06. The van der Waals surface area contributed by atoms with Gasteiger partial charge in [0.05, 0.1) is 5.69 Å². The smallest absolute Gasteiger partial charge is 0.182 e. The molecule has 2 aromatic rings. The number of fused-ring (bicyclic) bond motifs is 1. The molecule has 0 radical (unpaired) electrons. The molecule has 0 spiro atoms. The monoisotopic (exact) mass is 261 g/mol. The Morgan fingerprint density at radius 1 is 1.39 bits per heavy atom. The van der Waals surface area contributed by atoms with Gasteiger partial charge in [-0.3, -0.25) is 4.68 Å². The summed E-state index contributed by atoms with van der Waals surface area (Å²) in [5, 5.41) is 7.69. The second-order valence-corrected chi connectivity index (χ2v) is 5.20. The highest BCUT2D eigenvalue weighted by atomic mass is 32.2. The summed E-state index contributed by atoms with van der Waals surface area (Å²) in [5.41, 5.74) is 3.23.